The van der Waals surface area contributed by atoms with Gasteiger partial charge in [0.15, 0.2) is 0 Å². The van der Waals surface area contributed by atoms with Gasteiger partial charge in [-0.3, -0.25) is 5.32 Å². The van der Waals surface area contributed by atoms with Crippen molar-refractivity contribution in [1.29, 1.82) is 0 Å². The van der Waals surface area contributed by atoms with Crippen molar-refractivity contribution in [3.63, 3.8) is 0 Å². The Morgan fingerprint density at radius 3 is 2.30 bits per heavy atom. The number of nitrogens with one attached hydrogen (secondary N) is 1. The second-order valence-electron chi connectivity index (χ2n) is 2.41. The average molecular weight is 141 g/mol. The van der Waals surface area contributed by atoms with E-state index in [1.54, 1.807) is 0 Å². The first kappa shape index (κ1) is 9.21. The van der Waals surface area contributed by atoms with Gasteiger partial charge in [0.2, 0.25) is 5.84 Å². The zero-order valence-electron chi connectivity index (χ0n) is 7.36. The summed E-state index contributed by atoms with van der Waals surface area (Å²) in [5.41, 5.74) is 1.05. The van der Waals surface area contributed by atoms with Crippen molar-refractivity contribution in [2.24, 2.45) is 0 Å². The maximum Gasteiger partial charge on any atom is 0.246 e. The Bertz CT molecular complexity index is 157. The van der Waals surface area contributed by atoms with Gasteiger partial charge in [-0.25, -0.2) is 4.58 Å². The number of allylic oxidation sites excluding steroid dienone is 1. The van der Waals surface area contributed by atoms with Crippen molar-refractivity contribution in [3.05, 3.63) is 12.3 Å². The van der Waals surface area contributed by atoms with Crippen LogP contribution in [0, 0.1) is 0 Å². The quantitative estimate of drug-likeness (QED) is 0.347. The van der Waals surface area contributed by atoms with Gasteiger partial charge in [-0.2, -0.15) is 0 Å². The fourth-order valence-corrected chi connectivity index (χ4v) is 0.661. The minimum absolute atomic E-state index is 0.962. The van der Waals surface area contributed by atoms with E-state index in [0.29, 0.717) is 0 Å². The van der Waals surface area contributed by atoms with Crippen LogP contribution in [-0.2, 0) is 0 Å². The van der Waals surface area contributed by atoms with E-state index in [4.69, 9.17) is 0 Å². The van der Waals surface area contributed by atoms with Crippen LogP contribution in [0.3, 0.4) is 0 Å². The van der Waals surface area contributed by atoms with Crippen LogP contribution in [0.25, 0.3) is 0 Å². The highest BCUT2D eigenvalue weighted by atomic mass is 15.1. The molecule has 0 aromatic carbocycles. The number of amidine groups is 1. The number of rotatable bonds is 2. The third kappa shape index (κ3) is 2.67. The lowest BCUT2D eigenvalue weighted by molar-refractivity contribution is -0.445. The lowest BCUT2D eigenvalue weighted by Gasteiger charge is -2.02. The van der Waals surface area contributed by atoms with Gasteiger partial charge < -0.3 is 0 Å². The number of hydrogen-bond acceptors (Lipinski definition) is 0. The third-order valence-electron chi connectivity index (χ3n) is 1.51. The molecule has 0 heterocycles. The van der Waals surface area contributed by atoms with Gasteiger partial charge in [0.1, 0.15) is 0 Å². The molecule has 0 amide bonds. The molecule has 0 radical (unpaired) electrons. The van der Waals surface area contributed by atoms with Crippen LogP contribution in [-0.4, -0.2) is 24.0 Å². The second-order valence-corrected chi connectivity index (χ2v) is 2.41. The summed E-state index contributed by atoms with van der Waals surface area (Å²) in [7, 11) is 2.00. The van der Waals surface area contributed by atoms with E-state index >= 15 is 0 Å². The topological polar surface area (TPSA) is 15.0 Å². The monoisotopic (exact) mass is 141 g/mol. The predicted molar refractivity (Wildman–Crippen MR) is 45.4 cm³/mol. The van der Waals surface area contributed by atoms with Crippen LogP contribution in [0.1, 0.15) is 20.8 Å². The van der Waals surface area contributed by atoms with E-state index in [2.05, 4.69) is 18.8 Å². The molecule has 0 aliphatic heterocycles. The van der Waals surface area contributed by atoms with Crippen LogP contribution in [0.4, 0.5) is 0 Å². The van der Waals surface area contributed by atoms with E-state index < -0.39 is 0 Å². The van der Waals surface area contributed by atoms with Crippen LogP contribution >= 0.6 is 0 Å². The standard InChI is InChI=1S/C8H16N2/c1-6-9-8(4)10(5)7(2)3/h2,6H2,1,3-5H3/p+1. The summed E-state index contributed by atoms with van der Waals surface area (Å²) in [6, 6.07) is 0. The summed E-state index contributed by atoms with van der Waals surface area (Å²) < 4.78 is 2.03. The molecule has 1 N–H and O–H groups in total. The fraction of sp³-hybridized carbons (Fsp3) is 0.625. The summed E-state index contributed by atoms with van der Waals surface area (Å²) in [5, 5.41) is 3.21. The molecule has 0 aromatic heterocycles. The molecule has 10 heavy (non-hydrogen) atoms. The lowest BCUT2D eigenvalue weighted by atomic mass is 10.5. The first-order valence-corrected chi connectivity index (χ1v) is 3.56. The van der Waals surface area contributed by atoms with Crippen molar-refractivity contribution >= 4 is 5.84 Å². The van der Waals surface area contributed by atoms with Gasteiger partial charge >= 0.3 is 0 Å². The van der Waals surface area contributed by atoms with Gasteiger partial charge in [-0.15, -0.1) is 0 Å². The van der Waals surface area contributed by atoms with Crippen molar-refractivity contribution in [1.82, 2.24) is 5.32 Å². The van der Waals surface area contributed by atoms with E-state index in [-0.39, 0.29) is 0 Å². The minimum atomic E-state index is 0.962. The lowest BCUT2D eigenvalue weighted by Crippen LogP contribution is -2.28. The Hall–Kier alpha value is -0.790. The summed E-state index contributed by atoms with van der Waals surface area (Å²) in [6.45, 7) is 10.9. The molecule has 2 heteroatoms. The highest BCUT2D eigenvalue weighted by Crippen LogP contribution is 1.86. The van der Waals surface area contributed by atoms with E-state index in [1.165, 1.54) is 0 Å². The number of hydrogen-bond donors (Lipinski definition) is 1. The summed E-state index contributed by atoms with van der Waals surface area (Å²) in [5.74, 6) is 1.15. The summed E-state index contributed by atoms with van der Waals surface area (Å²) in [6.07, 6.45) is 0. The van der Waals surface area contributed by atoms with Gasteiger partial charge in [-0.1, -0.05) is 6.58 Å². The van der Waals surface area contributed by atoms with E-state index in [9.17, 15) is 0 Å². The molecule has 0 bridgehead atoms. The molecule has 0 spiro atoms. The zero-order chi connectivity index (χ0) is 8.15. The molecule has 2 nitrogen and oxygen atoms in total. The Morgan fingerprint density at radius 1 is 1.50 bits per heavy atom. The highest BCUT2D eigenvalue weighted by molar-refractivity contribution is 5.74. The number of nitrogens with zero attached hydrogens (tertiary/aromatic N) is 1. The molecule has 0 atom stereocenters. The Morgan fingerprint density at radius 2 is 2.00 bits per heavy atom. The van der Waals surface area contributed by atoms with Gasteiger partial charge in [0.05, 0.1) is 19.3 Å². The fourth-order valence-electron chi connectivity index (χ4n) is 0.661. The zero-order valence-corrected chi connectivity index (χ0v) is 7.36. The van der Waals surface area contributed by atoms with Crippen LogP contribution in [0.5, 0.6) is 0 Å². The van der Waals surface area contributed by atoms with E-state index in [1.807, 2.05) is 25.5 Å². The van der Waals surface area contributed by atoms with Crippen molar-refractivity contribution in [2.75, 3.05) is 13.6 Å². The maximum atomic E-state index is 3.82. The minimum Gasteiger partial charge on any atom is -0.279 e. The molecular formula is C8H17N2+. The van der Waals surface area contributed by atoms with Gasteiger partial charge in [0.25, 0.3) is 0 Å². The largest absolute Gasteiger partial charge is 0.279 e. The molecule has 0 aromatic rings. The highest BCUT2D eigenvalue weighted by Gasteiger charge is 2.00. The van der Waals surface area contributed by atoms with Crippen molar-refractivity contribution < 1.29 is 4.58 Å². The molecular weight excluding hydrogens is 124 g/mol. The van der Waals surface area contributed by atoms with Crippen LogP contribution < -0.4 is 5.32 Å². The summed E-state index contributed by atoms with van der Waals surface area (Å²) in [4.78, 5) is 0. The van der Waals surface area contributed by atoms with Crippen LogP contribution in [0.2, 0.25) is 0 Å². The smallest absolute Gasteiger partial charge is 0.246 e. The first-order chi connectivity index (χ1) is 4.59. The molecule has 0 rings (SSSR count). The second kappa shape index (κ2) is 4.09. The maximum absolute atomic E-state index is 3.82. The predicted octanol–water partition coefficient (Wildman–Crippen LogP) is 1.19. The van der Waals surface area contributed by atoms with Gasteiger partial charge in [-0.05, 0) is 13.8 Å². The Balaban J connectivity index is 4.19. The molecule has 0 aliphatic carbocycles. The summed E-state index contributed by atoms with van der Waals surface area (Å²) >= 11 is 0. The first-order valence-electron chi connectivity index (χ1n) is 3.56. The van der Waals surface area contributed by atoms with Crippen molar-refractivity contribution in [2.45, 2.75) is 20.8 Å². The Kier molecular flexibility index (Phi) is 3.77. The van der Waals surface area contributed by atoms with Gasteiger partial charge in [0, 0.05) is 6.92 Å². The molecule has 0 fully saturated rings. The Labute approximate surface area is 63.3 Å². The molecule has 0 saturated heterocycles. The normalized spacial score (nSPS) is 12.4. The molecule has 0 saturated carbocycles. The molecule has 58 valence electrons. The van der Waals surface area contributed by atoms with Crippen molar-refractivity contribution in [3.8, 4) is 0 Å². The average Bonchev–Trinajstić information content (AvgIpc) is 1.87. The third-order valence-corrected chi connectivity index (χ3v) is 1.51. The van der Waals surface area contributed by atoms with E-state index in [0.717, 1.165) is 18.1 Å². The molecule has 0 aliphatic rings. The SMILES string of the molecule is C=C(C)[N+](C)=C(C)NCC. The molecule has 0 unspecified atom stereocenters. The van der Waals surface area contributed by atoms with Crippen LogP contribution in [0.15, 0.2) is 12.3 Å².